The van der Waals surface area contributed by atoms with Gasteiger partial charge in [-0.3, -0.25) is 4.79 Å². The van der Waals surface area contributed by atoms with E-state index in [1.807, 2.05) is 12.1 Å². The third kappa shape index (κ3) is 4.53. The van der Waals surface area contributed by atoms with E-state index in [0.29, 0.717) is 18.0 Å². The number of ether oxygens (including phenoxy) is 1. The summed E-state index contributed by atoms with van der Waals surface area (Å²) in [6, 6.07) is 19.4. The van der Waals surface area contributed by atoms with Crippen molar-refractivity contribution in [3.63, 3.8) is 0 Å². The lowest BCUT2D eigenvalue weighted by molar-refractivity contribution is -0.114. The molecular formula is C23H20Br2N2O3. The maximum Gasteiger partial charge on any atom is 0.221 e. The number of benzene rings is 3. The Morgan fingerprint density at radius 3 is 2.10 bits per heavy atom. The Balaban J connectivity index is 1.52. The lowest BCUT2D eigenvalue weighted by Gasteiger charge is -2.15. The van der Waals surface area contributed by atoms with Crippen LogP contribution in [-0.2, 0) is 11.3 Å². The molecule has 0 aliphatic rings. The summed E-state index contributed by atoms with van der Waals surface area (Å²) in [7, 11) is 0. The van der Waals surface area contributed by atoms with E-state index in [9.17, 15) is 9.90 Å². The molecule has 1 atom stereocenters. The average molecular weight is 532 g/mol. The number of hydrogen-bond donors (Lipinski definition) is 2. The highest BCUT2D eigenvalue weighted by Crippen LogP contribution is 2.33. The van der Waals surface area contributed by atoms with Crippen molar-refractivity contribution in [2.24, 2.45) is 0 Å². The molecule has 0 unspecified atom stereocenters. The summed E-state index contributed by atoms with van der Waals surface area (Å²) in [5.41, 5.74) is 2.83. The average Bonchev–Trinajstić information content (AvgIpc) is 2.99. The summed E-state index contributed by atoms with van der Waals surface area (Å²) < 4.78 is 9.90. The minimum absolute atomic E-state index is 0.121. The second-order valence-corrected chi connectivity index (χ2v) is 8.94. The molecule has 0 aliphatic carbocycles. The molecule has 0 radical (unpaired) electrons. The number of aliphatic hydroxyl groups is 1. The van der Waals surface area contributed by atoms with Gasteiger partial charge in [-0.25, -0.2) is 0 Å². The number of carbonyl (C=O) groups is 1. The van der Waals surface area contributed by atoms with E-state index in [4.69, 9.17) is 4.74 Å². The predicted octanol–water partition coefficient (Wildman–Crippen LogP) is 5.72. The van der Waals surface area contributed by atoms with Gasteiger partial charge in [0.1, 0.15) is 18.5 Å². The van der Waals surface area contributed by atoms with Crippen LogP contribution in [0.1, 0.15) is 6.92 Å². The monoisotopic (exact) mass is 530 g/mol. The predicted molar refractivity (Wildman–Crippen MR) is 127 cm³/mol. The highest BCUT2D eigenvalue weighted by Gasteiger charge is 2.15. The summed E-state index contributed by atoms with van der Waals surface area (Å²) in [6.45, 7) is 2.04. The van der Waals surface area contributed by atoms with Gasteiger partial charge in [-0.15, -0.1) is 0 Å². The zero-order valence-electron chi connectivity index (χ0n) is 16.2. The maximum absolute atomic E-state index is 11.1. The van der Waals surface area contributed by atoms with E-state index in [-0.39, 0.29) is 12.5 Å². The van der Waals surface area contributed by atoms with Gasteiger partial charge in [0, 0.05) is 43.4 Å². The van der Waals surface area contributed by atoms with Gasteiger partial charge in [-0.2, -0.15) is 0 Å². The molecule has 0 saturated carbocycles. The maximum atomic E-state index is 11.1. The molecule has 0 aliphatic heterocycles. The Labute approximate surface area is 190 Å². The molecule has 3 aromatic carbocycles. The number of halogens is 2. The fourth-order valence-electron chi connectivity index (χ4n) is 3.54. The number of anilines is 1. The second-order valence-electron chi connectivity index (χ2n) is 7.10. The molecule has 7 heteroatoms. The topological polar surface area (TPSA) is 63.5 Å². The third-order valence-electron chi connectivity index (χ3n) is 4.80. The Morgan fingerprint density at radius 2 is 1.57 bits per heavy atom. The van der Waals surface area contributed by atoms with Crippen LogP contribution in [0.25, 0.3) is 21.8 Å². The van der Waals surface area contributed by atoms with Crippen LogP contribution in [0, 0.1) is 0 Å². The van der Waals surface area contributed by atoms with Gasteiger partial charge in [-0.05, 0) is 60.7 Å². The van der Waals surface area contributed by atoms with Gasteiger partial charge in [0.25, 0.3) is 0 Å². The molecule has 1 aromatic heterocycles. The molecule has 5 nitrogen and oxygen atoms in total. The quantitative estimate of drug-likeness (QED) is 0.334. The number of aliphatic hydroxyl groups excluding tert-OH is 1. The van der Waals surface area contributed by atoms with Crippen LogP contribution in [0.15, 0.2) is 69.6 Å². The Kier molecular flexibility index (Phi) is 6.13. The molecule has 2 N–H and O–H groups in total. The fourth-order valence-corrected chi connectivity index (χ4v) is 4.26. The van der Waals surface area contributed by atoms with E-state index in [0.717, 1.165) is 30.8 Å². The number of fused-ring (bicyclic) bond motifs is 3. The van der Waals surface area contributed by atoms with Gasteiger partial charge in [0.2, 0.25) is 5.91 Å². The molecule has 1 amide bonds. The van der Waals surface area contributed by atoms with E-state index in [1.54, 1.807) is 24.3 Å². The third-order valence-corrected chi connectivity index (χ3v) is 5.79. The standard InChI is InChI=1S/C23H20Br2N2O3/c1-14(28)26-17-4-6-19(7-5-17)30-13-18(29)12-27-22-8-2-15(24)10-20(22)21-11-16(25)3-9-23(21)27/h2-11,18,29H,12-13H2,1H3,(H,26,28)/t18-/m0/s1. The zero-order valence-corrected chi connectivity index (χ0v) is 19.4. The van der Waals surface area contributed by atoms with Crippen molar-refractivity contribution < 1.29 is 14.6 Å². The van der Waals surface area contributed by atoms with Crippen LogP contribution in [0.2, 0.25) is 0 Å². The van der Waals surface area contributed by atoms with E-state index < -0.39 is 6.10 Å². The van der Waals surface area contributed by atoms with Crippen LogP contribution in [0.3, 0.4) is 0 Å². The van der Waals surface area contributed by atoms with Crippen molar-refractivity contribution >= 4 is 65.3 Å². The van der Waals surface area contributed by atoms with E-state index in [1.165, 1.54) is 6.92 Å². The van der Waals surface area contributed by atoms with Crippen LogP contribution < -0.4 is 10.1 Å². The molecule has 30 heavy (non-hydrogen) atoms. The molecule has 4 aromatic rings. The summed E-state index contributed by atoms with van der Waals surface area (Å²) in [4.78, 5) is 11.1. The van der Waals surface area contributed by atoms with E-state index >= 15 is 0 Å². The van der Waals surface area contributed by atoms with Crippen molar-refractivity contribution in [1.29, 1.82) is 0 Å². The lowest BCUT2D eigenvalue weighted by Crippen LogP contribution is -2.23. The number of hydrogen-bond acceptors (Lipinski definition) is 3. The van der Waals surface area contributed by atoms with Gasteiger partial charge in [-0.1, -0.05) is 31.9 Å². The molecular weight excluding hydrogens is 512 g/mol. The lowest BCUT2D eigenvalue weighted by atomic mass is 10.2. The SMILES string of the molecule is CC(=O)Nc1ccc(OC[C@@H](O)Cn2c3ccc(Br)cc3c3cc(Br)ccc32)cc1. The summed E-state index contributed by atoms with van der Waals surface area (Å²) in [5, 5.41) is 15.6. The van der Waals surface area contributed by atoms with Crippen molar-refractivity contribution in [3.8, 4) is 5.75 Å². The second kappa shape index (κ2) is 8.79. The molecule has 4 rings (SSSR count). The summed E-state index contributed by atoms with van der Waals surface area (Å²) >= 11 is 7.10. The first-order chi connectivity index (χ1) is 14.4. The first-order valence-corrected chi connectivity index (χ1v) is 11.0. The van der Waals surface area contributed by atoms with Crippen LogP contribution in [0.5, 0.6) is 5.75 Å². The number of aromatic nitrogens is 1. The minimum atomic E-state index is -0.689. The smallest absolute Gasteiger partial charge is 0.221 e. The Bertz CT molecular complexity index is 1160. The number of rotatable bonds is 6. The summed E-state index contributed by atoms with van der Waals surface area (Å²) in [6.07, 6.45) is -0.689. The largest absolute Gasteiger partial charge is 0.491 e. The van der Waals surface area contributed by atoms with Gasteiger partial charge >= 0.3 is 0 Å². The van der Waals surface area contributed by atoms with Crippen LogP contribution in [0.4, 0.5) is 5.69 Å². The number of nitrogens with one attached hydrogen (secondary N) is 1. The summed E-state index contributed by atoms with van der Waals surface area (Å²) in [5.74, 6) is 0.516. The van der Waals surface area contributed by atoms with Crippen LogP contribution >= 0.6 is 31.9 Å². The zero-order chi connectivity index (χ0) is 21.3. The molecule has 0 spiro atoms. The first-order valence-electron chi connectivity index (χ1n) is 9.46. The number of carbonyl (C=O) groups excluding carboxylic acids is 1. The van der Waals surface area contributed by atoms with Crippen molar-refractivity contribution in [2.75, 3.05) is 11.9 Å². The van der Waals surface area contributed by atoms with Crippen molar-refractivity contribution in [1.82, 2.24) is 4.57 Å². The van der Waals surface area contributed by atoms with Crippen molar-refractivity contribution in [2.45, 2.75) is 19.6 Å². The Morgan fingerprint density at radius 1 is 1.00 bits per heavy atom. The van der Waals surface area contributed by atoms with Crippen molar-refractivity contribution in [3.05, 3.63) is 69.6 Å². The number of amides is 1. The van der Waals surface area contributed by atoms with Gasteiger partial charge in [0.05, 0.1) is 6.54 Å². The molecule has 0 bridgehead atoms. The van der Waals surface area contributed by atoms with Gasteiger partial charge < -0.3 is 19.7 Å². The number of nitrogens with zero attached hydrogens (tertiary/aromatic N) is 1. The molecule has 154 valence electrons. The normalized spacial score (nSPS) is 12.3. The first kappa shape index (κ1) is 20.9. The van der Waals surface area contributed by atoms with E-state index in [2.05, 4.69) is 66.0 Å². The minimum Gasteiger partial charge on any atom is -0.491 e. The molecule has 0 saturated heterocycles. The molecule has 1 heterocycles. The highest BCUT2D eigenvalue weighted by atomic mass is 79.9. The van der Waals surface area contributed by atoms with Crippen LogP contribution in [-0.4, -0.2) is 28.3 Å². The fraction of sp³-hybridized carbons (Fsp3) is 0.174. The highest BCUT2D eigenvalue weighted by molar-refractivity contribution is 9.10. The Hall–Kier alpha value is -2.35. The van der Waals surface area contributed by atoms with Gasteiger partial charge in [0.15, 0.2) is 0 Å². The molecule has 0 fully saturated rings.